The number of nitrogens with one attached hydrogen (secondary N) is 2. The fourth-order valence-electron chi connectivity index (χ4n) is 3.50. The van der Waals surface area contributed by atoms with Crippen molar-refractivity contribution in [1.82, 2.24) is 10.9 Å². The molecule has 5 nitrogen and oxygen atoms in total. The Morgan fingerprint density at radius 3 is 2.50 bits per heavy atom. The Morgan fingerprint density at radius 2 is 1.90 bits per heavy atom. The van der Waals surface area contributed by atoms with E-state index in [1.54, 1.807) is 24.5 Å². The van der Waals surface area contributed by atoms with Crippen LogP contribution >= 0.6 is 0 Å². The number of hydrogen-bond acceptors (Lipinski definition) is 2. The van der Waals surface area contributed by atoms with Crippen LogP contribution < -0.4 is 15.4 Å². The van der Waals surface area contributed by atoms with Crippen molar-refractivity contribution >= 4 is 11.8 Å². The van der Waals surface area contributed by atoms with E-state index in [0.717, 1.165) is 18.8 Å². The molecular weight excluding hydrogens is 254 g/mol. The molecule has 106 valence electrons. The van der Waals surface area contributed by atoms with E-state index in [1.165, 1.54) is 12.8 Å². The zero-order valence-corrected chi connectivity index (χ0v) is 11.6. The molecule has 1 heterocycles. The summed E-state index contributed by atoms with van der Waals surface area (Å²) in [6, 6.07) is 3.44. The lowest BCUT2D eigenvalue weighted by Crippen LogP contribution is -2.45. The number of carbonyl (C=O) groups excluding carboxylic acids is 2. The zero-order chi connectivity index (χ0) is 14.1. The van der Waals surface area contributed by atoms with Crippen molar-refractivity contribution in [3.8, 4) is 0 Å². The molecule has 20 heavy (non-hydrogen) atoms. The minimum absolute atomic E-state index is 0.0352. The van der Waals surface area contributed by atoms with Crippen LogP contribution in [0.15, 0.2) is 24.5 Å². The summed E-state index contributed by atoms with van der Waals surface area (Å²) in [5, 5.41) is 0. The molecule has 0 saturated heterocycles. The number of carbonyl (C=O) groups is 2. The molecule has 2 fully saturated rings. The summed E-state index contributed by atoms with van der Waals surface area (Å²) in [5.41, 5.74) is 5.62. The van der Waals surface area contributed by atoms with E-state index in [0.29, 0.717) is 11.5 Å². The minimum atomic E-state index is -0.276. The summed E-state index contributed by atoms with van der Waals surface area (Å²) in [5.74, 6) is 1.02. The topological polar surface area (TPSA) is 62.1 Å². The Morgan fingerprint density at radius 1 is 1.15 bits per heavy atom. The van der Waals surface area contributed by atoms with Crippen LogP contribution in [0.3, 0.4) is 0 Å². The molecule has 3 rings (SSSR count). The third kappa shape index (κ3) is 2.53. The fraction of sp³-hybridized carbons (Fsp3) is 0.533. The fourth-order valence-corrected chi connectivity index (χ4v) is 3.50. The molecule has 0 aliphatic heterocycles. The molecule has 1 aromatic heterocycles. The van der Waals surface area contributed by atoms with Crippen LogP contribution in [0.1, 0.15) is 36.0 Å². The lowest BCUT2D eigenvalue weighted by molar-refractivity contribution is -0.671. The number of hydrogen-bond donors (Lipinski definition) is 2. The van der Waals surface area contributed by atoms with Crippen LogP contribution in [0.25, 0.3) is 0 Å². The maximum absolute atomic E-state index is 12.1. The van der Waals surface area contributed by atoms with Gasteiger partial charge in [-0.3, -0.25) is 20.4 Å². The van der Waals surface area contributed by atoms with Crippen molar-refractivity contribution < 1.29 is 14.2 Å². The van der Waals surface area contributed by atoms with Crippen LogP contribution in [0, 0.1) is 17.8 Å². The first-order valence-corrected chi connectivity index (χ1v) is 7.19. The monoisotopic (exact) mass is 274 g/mol. The Bertz CT molecular complexity index is 526. The first-order chi connectivity index (χ1) is 9.63. The summed E-state index contributed by atoms with van der Waals surface area (Å²) < 4.78 is 1.85. The highest BCUT2D eigenvalue weighted by molar-refractivity contribution is 5.95. The first kappa shape index (κ1) is 13.1. The van der Waals surface area contributed by atoms with Gasteiger partial charge in [0.25, 0.3) is 5.91 Å². The highest BCUT2D eigenvalue weighted by Gasteiger charge is 2.43. The van der Waals surface area contributed by atoms with Crippen molar-refractivity contribution in [3.05, 3.63) is 30.1 Å². The summed E-state index contributed by atoms with van der Waals surface area (Å²) in [6.45, 7) is 0. The standard InChI is InChI=1S/C15H19N3O2/c1-18-6-4-11(5-7-18)14(19)16-17-15(20)13-9-10-2-3-12(13)8-10/h4-7,10,12-13,19H,2-3,8-9H2,1H3/p+1/t10-,12+,13+/m0/s1. The normalized spacial score (nSPS) is 27.4. The highest BCUT2D eigenvalue weighted by atomic mass is 16.2. The van der Waals surface area contributed by atoms with E-state index in [1.807, 2.05) is 11.6 Å². The molecule has 2 amide bonds. The molecule has 2 saturated carbocycles. The maximum atomic E-state index is 12.1. The van der Waals surface area contributed by atoms with Gasteiger partial charge in [-0.15, -0.1) is 0 Å². The maximum Gasteiger partial charge on any atom is 0.270 e. The van der Waals surface area contributed by atoms with Gasteiger partial charge < -0.3 is 0 Å². The number of hydrazine groups is 1. The van der Waals surface area contributed by atoms with Gasteiger partial charge in [0.05, 0.1) is 5.56 Å². The number of aryl methyl sites for hydroxylation is 1. The zero-order valence-electron chi connectivity index (χ0n) is 11.6. The second-order valence-electron chi connectivity index (χ2n) is 5.98. The van der Waals surface area contributed by atoms with Gasteiger partial charge in [0.15, 0.2) is 12.4 Å². The van der Waals surface area contributed by atoms with E-state index < -0.39 is 0 Å². The molecule has 0 radical (unpaired) electrons. The van der Waals surface area contributed by atoms with Crippen molar-refractivity contribution in [2.45, 2.75) is 25.7 Å². The quantitative estimate of drug-likeness (QED) is 0.616. The van der Waals surface area contributed by atoms with Gasteiger partial charge >= 0.3 is 0 Å². The Balaban J connectivity index is 1.53. The number of fused-ring (bicyclic) bond motifs is 2. The molecule has 0 aromatic carbocycles. The van der Waals surface area contributed by atoms with Crippen molar-refractivity contribution in [2.24, 2.45) is 24.8 Å². The summed E-state index contributed by atoms with van der Waals surface area (Å²) >= 11 is 0. The number of amides is 2. The van der Waals surface area contributed by atoms with Crippen molar-refractivity contribution in [2.75, 3.05) is 0 Å². The van der Waals surface area contributed by atoms with Crippen molar-refractivity contribution in [1.29, 1.82) is 0 Å². The summed E-state index contributed by atoms with van der Waals surface area (Å²) in [4.78, 5) is 24.0. The van der Waals surface area contributed by atoms with Crippen LogP contribution in [0.4, 0.5) is 0 Å². The molecule has 2 aliphatic carbocycles. The molecule has 2 N–H and O–H groups in total. The second-order valence-corrected chi connectivity index (χ2v) is 5.98. The average Bonchev–Trinajstić information content (AvgIpc) is 3.08. The van der Waals surface area contributed by atoms with E-state index in [-0.39, 0.29) is 17.7 Å². The van der Waals surface area contributed by atoms with Gasteiger partial charge in [-0.05, 0) is 31.1 Å². The molecule has 2 bridgehead atoms. The predicted molar refractivity (Wildman–Crippen MR) is 72.2 cm³/mol. The number of aromatic nitrogens is 1. The summed E-state index contributed by atoms with van der Waals surface area (Å²) in [7, 11) is 1.89. The second kappa shape index (κ2) is 5.23. The third-order valence-corrected chi connectivity index (χ3v) is 4.61. The Kier molecular flexibility index (Phi) is 3.42. The van der Waals surface area contributed by atoms with Crippen LogP contribution in [-0.2, 0) is 11.8 Å². The average molecular weight is 274 g/mol. The molecule has 2 aliphatic rings. The molecule has 1 aromatic rings. The third-order valence-electron chi connectivity index (χ3n) is 4.61. The minimum Gasteiger partial charge on any atom is -0.273 e. The van der Waals surface area contributed by atoms with Gasteiger partial charge in [-0.25, -0.2) is 4.57 Å². The molecule has 5 heteroatoms. The van der Waals surface area contributed by atoms with Gasteiger partial charge in [-0.2, -0.15) is 0 Å². The first-order valence-electron chi connectivity index (χ1n) is 7.19. The highest BCUT2D eigenvalue weighted by Crippen LogP contribution is 2.48. The number of nitrogens with zero attached hydrogens (tertiary/aromatic N) is 1. The van der Waals surface area contributed by atoms with Gasteiger partial charge in [-0.1, -0.05) is 6.42 Å². The molecule has 0 unspecified atom stereocenters. The van der Waals surface area contributed by atoms with Crippen LogP contribution in [0.5, 0.6) is 0 Å². The number of pyridine rings is 1. The smallest absolute Gasteiger partial charge is 0.270 e. The van der Waals surface area contributed by atoms with Gasteiger partial charge in [0.2, 0.25) is 5.91 Å². The molecular formula is C15H20N3O2+. The van der Waals surface area contributed by atoms with E-state index in [9.17, 15) is 9.59 Å². The van der Waals surface area contributed by atoms with Crippen LogP contribution in [-0.4, -0.2) is 11.8 Å². The van der Waals surface area contributed by atoms with E-state index in [2.05, 4.69) is 10.9 Å². The van der Waals surface area contributed by atoms with Crippen molar-refractivity contribution in [3.63, 3.8) is 0 Å². The Labute approximate surface area is 118 Å². The van der Waals surface area contributed by atoms with Gasteiger partial charge in [0.1, 0.15) is 7.05 Å². The van der Waals surface area contributed by atoms with E-state index in [4.69, 9.17) is 0 Å². The lowest BCUT2D eigenvalue weighted by Gasteiger charge is -2.20. The largest absolute Gasteiger partial charge is 0.273 e. The predicted octanol–water partition coefficient (Wildman–Crippen LogP) is 0.708. The van der Waals surface area contributed by atoms with Gasteiger partial charge in [0, 0.05) is 18.1 Å². The number of rotatable bonds is 2. The SMILES string of the molecule is C[n+]1ccc(C(=O)NNC(=O)[C@@H]2C[C@H]3CC[C@@H]2C3)cc1. The Hall–Kier alpha value is -1.91. The molecule has 0 spiro atoms. The molecule has 3 atom stereocenters. The van der Waals surface area contributed by atoms with Crippen LogP contribution in [0.2, 0.25) is 0 Å². The lowest BCUT2D eigenvalue weighted by atomic mass is 9.88. The summed E-state index contributed by atoms with van der Waals surface area (Å²) in [6.07, 6.45) is 8.18. The van der Waals surface area contributed by atoms with E-state index >= 15 is 0 Å².